The van der Waals surface area contributed by atoms with Gasteiger partial charge in [-0.2, -0.15) is 0 Å². The van der Waals surface area contributed by atoms with Crippen LogP contribution in [0.5, 0.6) is 0 Å². The normalized spacial score (nSPS) is 27.9. The van der Waals surface area contributed by atoms with Crippen LogP contribution in [0.4, 0.5) is 0 Å². The Morgan fingerprint density at radius 2 is 2.43 bits per heavy atom. The van der Waals surface area contributed by atoms with Crippen molar-refractivity contribution in [2.75, 3.05) is 32.5 Å². The zero-order valence-corrected chi connectivity index (χ0v) is 14.7. The van der Waals surface area contributed by atoms with Crippen molar-refractivity contribution >= 4 is 27.3 Å². The number of rotatable bonds is 5. The lowest BCUT2D eigenvalue weighted by Gasteiger charge is -2.43. The second-order valence-electron chi connectivity index (χ2n) is 6.28. The third-order valence-corrected chi connectivity index (χ3v) is 6.01. The first-order valence-electron chi connectivity index (χ1n) is 7.63. The fourth-order valence-corrected chi connectivity index (χ4v) is 4.55. The van der Waals surface area contributed by atoms with Crippen LogP contribution in [0.3, 0.4) is 0 Å². The van der Waals surface area contributed by atoms with Crippen molar-refractivity contribution < 1.29 is 17.9 Å². The molecule has 23 heavy (non-hydrogen) atoms. The van der Waals surface area contributed by atoms with Gasteiger partial charge in [-0.15, -0.1) is 11.3 Å². The molecule has 2 aliphatic heterocycles. The molecule has 9 heteroatoms. The molecular formula is C14H21N3O4S2. The van der Waals surface area contributed by atoms with Crippen LogP contribution in [0.1, 0.15) is 29.8 Å². The summed E-state index contributed by atoms with van der Waals surface area (Å²) < 4.78 is 30.9. The number of piperidine rings is 1. The first-order chi connectivity index (χ1) is 10.9. The van der Waals surface area contributed by atoms with E-state index in [1.807, 2.05) is 4.90 Å². The van der Waals surface area contributed by atoms with E-state index in [0.717, 1.165) is 19.1 Å². The standard InChI is InChI=1S/C14H21N3O4S2/c1-23(19,20)16-5-3-14-4-7-21-12(14)2-6-17(9-14)13(18)11-8-22-10-15-11/h8,10,12,16H,2-7,9H2,1H3/t12-,14+/m1/s1. The van der Waals surface area contributed by atoms with E-state index in [1.165, 1.54) is 11.3 Å². The molecule has 7 nitrogen and oxygen atoms in total. The summed E-state index contributed by atoms with van der Waals surface area (Å²) in [6.07, 6.45) is 3.57. The van der Waals surface area contributed by atoms with Crippen LogP contribution in [0.2, 0.25) is 0 Å². The highest BCUT2D eigenvalue weighted by atomic mass is 32.2. The number of nitrogens with zero attached hydrogens (tertiary/aromatic N) is 2. The minimum Gasteiger partial charge on any atom is -0.377 e. The van der Waals surface area contributed by atoms with Gasteiger partial charge in [0.1, 0.15) is 5.69 Å². The second kappa shape index (κ2) is 6.46. The van der Waals surface area contributed by atoms with Crippen molar-refractivity contribution in [1.29, 1.82) is 0 Å². The van der Waals surface area contributed by atoms with Gasteiger partial charge in [0, 0.05) is 37.0 Å². The van der Waals surface area contributed by atoms with Crippen LogP contribution in [0, 0.1) is 5.41 Å². The molecule has 2 saturated heterocycles. The molecule has 0 aliphatic carbocycles. The van der Waals surface area contributed by atoms with Gasteiger partial charge < -0.3 is 9.64 Å². The molecule has 1 aromatic rings. The zero-order valence-electron chi connectivity index (χ0n) is 13.0. The molecule has 0 spiro atoms. The summed E-state index contributed by atoms with van der Waals surface area (Å²) in [4.78, 5) is 18.5. The Morgan fingerprint density at radius 3 is 3.13 bits per heavy atom. The van der Waals surface area contributed by atoms with E-state index in [1.54, 1.807) is 10.9 Å². The topological polar surface area (TPSA) is 88.6 Å². The number of fused-ring (bicyclic) bond motifs is 1. The SMILES string of the molecule is CS(=O)(=O)NCC[C@@]12CCO[C@@H]1CCN(C(=O)c1cscn1)C2. The van der Waals surface area contributed by atoms with Crippen molar-refractivity contribution in [3.05, 3.63) is 16.6 Å². The Morgan fingerprint density at radius 1 is 1.61 bits per heavy atom. The number of hydrogen-bond acceptors (Lipinski definition) is 6. The lowest BCUT2D eigenvalue weighted by molar-refractivity contribution is -0.0159. The number of nitrogens with one attached hydrogen (secondary N) is 1. The minimum atomic E-state index is -3.20. The highest BCUT2D eigenvalue weighted by molar-refractivity contribution is 7.88. The van der Waals surface area contributed by atoms with Gasteiger partial charge in [-0.3, -0.25) is 4.79 Å². The third kappa shape index (κ3) is 3.73. The summed E-state index contributed by atoms with van der Waals surface area (Å²) in [5.41, 5.74) is 1.98. The summed E-state index contributed by atoms with van der Waals surface area (Å²) in [6.45, 7) is 2.29. The predicted octanol–water partition coefficient (Wildman–Crippen LogP) is 0.704. The molecule has 128 valence electrons. The van der Waals surface area contributed by atoms with E-state index in [-0.39, 0.29) is 17.4 Å². The number of aromatic nitrogens is 1. The molecule has 2 atom stereocenters. The van der Waals surface area contributed by atoms with E-state index >= 15 is 0 Å². The first kappa shape index (κ1) is 16.8. The average Bonchev–Trinajstić information content (AvgIpc) is 3.14. The number of hydrogen-bond donors (Lipinski definition) is 1. The molecule has 3 rings (SSSR count). The Hall–Kier alpha value is -1.03. The van der Waals surface area contributed by atoms with Crippen molar-refractivity contribution in [2.45, 2.75) is 25.4 Å². The van der Waals surface area contributed by atoms with Gasteiger partial charge in [0.25, 0.3) is 5.91 Å². The number of thiazole rings is 1. The Bertz CT molecular complexity index is 662. The maximum Gasteiger partial charge on any atom is 0.273 e. The van der Waals surface area contributed by atoms with Crippen molar-refractivity contribution in [2.24, 2.45) is 5.41 Å². The molecular weight excluding hydrogens is 338 g/mol. The fraction of sp³-hybridized carbons (Fsp3) is 0.714. The molecule has 1 amide bonds. The van der Waals surface area contributed by atoms with Crippen LogP contribution in [-0.2, 0) is 14.8 Å². The lowest BCUT2D eigenvalue weighted by atomic mass is 9.74. The number of likely N-dealkylation sites (tertiary alicyclic amines) is 1. The number of ether oxygens (including phenoxy) is 1. The van der Waals surface area contributed by atoms with Crippen molar-refractivity contribution in [3.8, 4) is 0 Å². The van der Waals surface area contributed by atoms with Crippen LogP contribution in [-0.4, -0.2) is 62.8 Å². The molecule has 0 radical (unpaired) electrons. The van der Waals surface area contributed by atoms with Gasteiger partial charge in [-0.25, -0.2) is 18.1 Å². The Balaban J connectivity index is 1.70. The molecule has 2 aliphatic rings. The maximum absolute atomic E-state index is 12.5. The Labute approximate surface area is 140 Å². The van der Waals surface area contributed by atoms with Crippen molar-refractivity contribution in [3.63, 3.8) is 0 Å². The third-order valence-electron chi connectivity index (χ3n) is 4.69. The fourth-order valence-electron chi connectivity index (χ4n) is 3.55. The highest BCUT2D eigenvalue weighted by Crippen LogP contribution is 2.43. The molecule has 0 unspecified atom stereocenters. The highest BCUT2D eigenvalue weighted by Gasteiger charge is 2.48. The average molecular weight is 359 g/mol. The van der Waals surface area contributed by atoms with E-state index in [2.05, 4.69) is 9.71 Å². The van der Waals surface area contributed by atoms with Gasteiger partial charge in [0.2, 0.25) is 10.0 Å². The van der Waals surface area contributed by atoms with Crippen molar-refractivity contribution in [1.82, 2.24) is 14.6 Å². The molecule has 3 heterocycles. The molecule has 2 fully saturated rings. The number of carbonyl (C=O) groups excluding carboxylic acids is 1. The molecule has 1 N–H and O–H groups in total. The van der Waals surface area contributed by atoms with Gasteiger partial charge in [0.15, 0.2) is 0 Å². The van der Waals surface area contributed by atoms with Gasteiger partial charge in [-0.05, 0) is 19.3 Å². The molecule has 0 bridgehead atoms. The van der Waals surface area contributed by atoms with Gasteiger partial charge in [0.05, 0.1) is 17.9 Å². The monoisotopic (exact) mass is 359 g/mol. The summed E-state index contributed by atoms with van der Waals surface area (Å²) >= 11 is 1.41. The number of amides is 1. The van der Waals surface area contributed by atoms with Gasteiger partial charge >= 0.3 is 0 Å². The zero-order chi connectivity index (χ0) is 16.5. The quantitative estimate of drug-likeness (QED) is 0.836. The smallest absolute Gasteiger partial charge is 0.273 e. The van der Waals surface area contributed by atoms with E-state index in [4.69, 9.17) is 4.74 Å². The number of sulfonamides is 1. The van der Waals surface area contributed by atoms with E-state index in [9.17, 15) is 13.2 Å². The van der Waals surface area contributed by atoms with Crippen LogP contribution in [0.15, 0.2) is 10.9 Å². The lowest BCUT2D eigenvalue weighted by Crippen LogP contribution is -2.52. The minimum absolute atomic E-state index is 0.0490. The maximum atomic E-state index is 12.5. The van der Waals surface area contributed by atoms with Crippen LogP contribution >= 0.6 is 11.3 Å². The largest absolute Gasteiger partial charge is 0.377 e. The second-order valence-corrected chi connectivity index (χ2v) is 8.83. The summed E-state index contributed by atoms with van der Waals surface area (Å²) in [5.74, 6) is -0.0490. The van der Waals surface area contributed by atoms with Gasteiger partial charge in [-0.1, -0.05) is 0 Å². The molecule has 0 aromatic carbocycles. The predicted molar refractivity (Wildman–Crippen MR) is 86.9 cm³/mol. The Kier molecular flexibility index (Phi) is 4.73. The molecule has 1 aromatic heterocycles. The summed E-state index contributed by atoms with van der Waals surface area (Å²) in [7, 11) is -3.20. The molecule has 0 saturated carbocycles. The number of carbonyl (C=O) groups is 1. The van der Waals surface area contributed by atoms with Crippen LogP contribution in [0.25, 0.3) is 0 Å². The van der Waals surface area contributed by atoms with E-state index < -0.39 is 10.0 Å². The van der Waals surface area contributed by atoms with E-state index in [0.29, 0.717) is 38.4 Å². The van der Waals surface area contributed by atoms with Crippen LogP contribution < -0.4 is 4.72 Å². The summed E-state index contributed by atoms with van der Waals surface area (Å²) in [5, 5.41) is 1.76. The summed E-state index contributed by atoms with van der Waals surface area (Å²) in [6, 6.07) is 0. The first-order valence-corrected chi connectivity index (χ1v) is 10.5.